The van der Waals surface area contributed by atoms with E-state index in [9.17, 15) is 4.79 Å². The number of esters is 1. The number of ether oxygens (including phenoxy) is 1. The molecule has 1 saturated heterocycles. The molecule has 0 aliphatic carbocycles. The van der Waals surface area contributed by atoms with E-state index in [1.54, 1.807) is 0 Å². The first kappa shape index (κ1) is 12.4. The molecule has 17 heavy (non-hydrogen) atoms. The molecule has 2 rings (SSSR count). The summed E-state index contributed by atoms with van der Waals surface area (Å²) in [5.74, 6) is -0.465. The van der Waals surface area contributed by atoms with Crippen LogP contribution in [0.25, 0.3) is 0 Å². The monoisotopic (exact) mass is 253 g/mol. The Morgan fingerprint density at radius 2 is 2.41 bits per heavy atom. The summed E-state index contributed by atoms with van der Waals surface area (Å²) in [5, 5.41) is 3.99. The number of hydrogen-bond acceptors (Lipinski definition) is 3. The fourth-order valence-electron chi connectivity index (χ4n) is 2.36. The first-order valence-electron chi connectivity index (χ1n) is 5.79. The number of methoxy groups -OCH3 is 1. The standard InChI is InChI=1S/C13H16ClNO2/c1-17-13(16)12(11-6-3-7-15-11)9-4-2-5-10(14)8-9/h2,4-5,8,11-12,15H,3,6-7H2,1H3. The topological polar surface area (TPSA) is 38.3 Å². The minimum absolute atomic E-state index is 0.154. The van der Waals surface area contributed by atoms with Gasteiger partial charge in [0.1, 0.15) is 0 Å². The molecule has 4 heteroatoms. The second-order valence-corrected chi connectivity index (χ2v) is 4.70. The molecule has 1 aliphatic heterocycles. The minimum atomic E-state index is -0.263. The van der Waals surface area contributed by atoms with Crippen molar-refractivity contribution in [1.29, 1.82) is 0 Å². The quantitative estimate of drug-likeness (QED) is 0.841. The Balaban J connectivity index is 2.29. The van der Waals surface area contributed by atoms with E-state index in [1.165, 1.54) is 7.11 Å². The summed E-state index contributed by atoms with van der Waals surface area (Å²) < 4.78 is 4.90. The number of rotatable bonds is 3. The van der Waals surface area contributed by atoms with Gasteiger partial charge in [-0.3, -0.25) is 4.79 Å². The summed E-state index contributed by atoms with van der Waals surface area (Å²) >= 11 is 5.97. The molecule has 0 spiro atoms. The SMILES string of the molecule is COC(=O)C(c1cccc(Cl)c1)C1CCCN1. The third-order valence-electron chi connectivity index (χ3n) is 3.16. The summed E-state index contributed by atoms with van der Waals surface area (Å²) in [6.45, 7) is 0.957. The lowest BCUT2D eigenvalue weighted by molar-refractivity contribution is -0.143. The fraction of sp³-hybridized carbons (Fsp3) is 0.462. The van der Waals surface area contributed by atoms with E-state index < -0.39 is 0 Å². The molecule has 0 aromatic heterocycles. The number of carbonyl (C=O) groups excluding carboxylic acids is 1. The summed E-state index contributed by atoms with van der Waals surface area (Å²) in [6, 6.07) is 7.58. The maximum Gasteiger partial charge on any atom is 0.314 e. The van der Waals surface area contributed by atoms with Gasteiger partial charge in [0, 0.05) is 11.1 Å². The summed E-state index contributed by atoms with van der Waals surface area (Å²) in [7, 11) is 1.43. The van der Waals surface area contributed by atoms with Crippen LogP contribution in [0.15, 0.2) is 24.3 Å². The van der Waals surface area contributed by atoms with Gasteiger partial charge in [0.2, 0.25) is 0 Å². The molecule has 1 heterocycles. The van der Waals surface area contributed by atoms with Gasteiger partial charge in [-0.05, 0) is 37.1 Å². The maximum atomic E-state index is 11.9. The highest BCUT2D eigenvalue weighted by molar-refractivity contribution is 6.30. The van der Waals surface area contributed by atoms with Crippen molar-refractivity contribution in [3.8, 4) is 0 Å². The third-order valence-corrected chi connectivity index (χ3v) is 3.40. The van der Waals surface area contributed by atoms with Crippen LogP contribution in [0, 0.1) is 0 Å². The van der Waals surface area contributed by atoms with Crippen LogP contribution < -0.4 is 5.32 Å². The zero-order chi connectivity index (χ0) is 12.3. The molecule has 1 fully saturated rings. The number of carbonyl (C=O) groups is 1. The van der Waals surface area contributed by atoms with Crippen molar-refractivity contribution in [2.75, 3.05) is 13.7 Å². The lowest BCUT2D eigenvalue weighted by Gasteiger charge is -2.21. The van der Waals surface area contributed by atoms with Crippen molar-refractivity contribution in [2.24, 2.45) is 0 Å². The number of benzene rings is 1. The van der Waals surface area contributed by atoms with Gasteiger partial charge in [0.05, 0.1) is 13.0 Å². The molecule has 0 radical (unpaired) electrons. The number of hydrogen-bond donors (Lipinski definition) is 1. The van der Waals surface area contributed by atoms with E-state index in [0.29, 0.717) is 5.02 Å². The van der Waals surface area contributed by atoms with Gasteiger partial charge in [-0.15, -0.1) is 0 Å². The van der Waals surface area contributed by atoms with E-state index >= 15 is 0 Å². The lowest BCUT2D eigenvalue weighted by atomic mass is 9.90. The molecule has 1 aromatic rings. The molecule has 2 atom stereocenters. The molecule has 2 unspecified atom stereocenters. The summed E-state index contributed by atoms with van der Waals surface area (Å²) in [6.07, 6.45) is 2.09. The van der Waals surface area contributed by atoms with Gasteiger partial charge in [-0.25, -0.2) is 0 Å². The van der Waals surface area contributed by atoms with Crippen molar-refractivity contribution in [2.45, 2.75) is 24.8 Å². The first-order valence-corrected chi connectivity index (χ1v) is 6.17. The van der Waals surface area contributed by atoms with Gasteiger partial charge >= 0.3 is 5.97 Å². The molecule has 3 nitrogen and oxygen atoms in total. The Labute approximate surface area is 106 Å². The molecule has 1 aromatic carbocycles. The normalized spacial score (nSPS) is 21.2. The van der Waals surface area contributed by atoms with Gasteiger partial charge < -0.3 is 10.1 Å². The smallest absolute Gasteiger partial charge is 0.314 e. The highest BCUT2D eigenvalue weighted by Crippen LogP contribution is 2.28. The lowest BCUT2D eigenvalue weighted by Crippen LogP contribution is -2.34. The molecular weight excluding hydrogens is 238 g/mol. The second kappa shape index (κ2) is 5.52. The van der Waals surface area contributed by atoms with Gasteiger partial charge in [-0.2, -0.15) is 0 Å². The Morgan fingerprint density at radius 1 is 1.59 bits per heavy atom. The van der Waals surface area contributed by atoms with Crippen molar-refractivity contribution >= 4 is 17.6 Å². The first-order chi connectivity index (χ1) is 8.22. The van der Waals surface area contributed by atoms with Crippen LogP contribution in [0.3, 0.4) is 0 Å². The maximum absolute atomic E-state index is 11.9. The average molecular weight is 254 g/mol. The van der Waals surface area contributed by atoms with Gasteiger partial charge in [0.15, 0.2) is 0 Å². The van der Waals surface area contributed by atoms with Crippen LogP contribution in [-0.4, -0.2) is 25.7 Å². The Bertz CT molecular complexity index is 402. The summed E-state index contributed by atoms with van der Waals surface area (Å²) in [4.78, 5) is 11.9. The van der Waals surface area contributed by atoms with E-state index in [-0.39, 0.29) is 17.9 Å². The largest absolute Gasteiger partial charge is 0.469 e. The average Bonchev–Trinajstić information content (AvgIpc) is 2.83. The molecule has 0 saturated carbocycles. The molecule has 0 bridgehead atoms. The minimum Gasteiger partial charge on any atom is -0.469 e. The predicted octanol–water partition coefficient (Wildman–Crippen LogP) is 2.35. The highest BCUT2D eigenvalue weighted by atomic mass is 35.5. The van der Waals surface area contributed by atoms with Crippen molar-refractivity contribution in [3.63, 3.8) is 0 Å². The summed E-state index contributed by atoms with van der Waals surface area (Å²) in [5.41, 5.74) is 0.920. The number of halogens is 1. The predicted molar refractivity (Wildman–Crippen MR) is 67.2 cm³/mol. The van der Waals surface area contributed by atoms with Gasteiger partial charge in [0.25, 0.3) is 0 Å². The number of nitrogens with one attached hydrogen (secondary N) is 1. The van der Waals surface area contributed by atoms with Crippen LogP contribution in [0.2, 0.25) is 5.02 Å². The van der Waals surface area contributed by atoms with Crippen LogP contribution in [-0.2, 0) is 9.53 Å². The van der Waals surface area contributed by atoms with Crippen molar-refractivity contribution in [1.82, 2.24) is 5.32 Å². The van der Waals surface area contributed by atoms with Crippen molar-refractivity contribution in [3.05, 3.63) is 34.9 Å². The van der Waals surface area contributed by atoms with Crippen LogP contribution >= 0.6 is 11.6 Å². The fourth-order valence-corrected chi connectivity index (χ4v) is 2.55. The molecule has 1 N–H and O–H groups in total. The van der Waals surface area contributed by atoms with E-state index in [0.717, 1.165) is 24.9 Å². The third kappa shape index (κ3) is 2.79. The highest BCUT2D eigenvalue weighted by Gasteiger charge is 2.32. The Hall–Kier alpha value is -1.06. The Morgan fingerprint density at radius 3 is 3.00 bits per heavy atom. The van der Waals surface area contributed by atoms with Crippen LogP contribution in [0.5, 0.6) is 0 Å². The molecular formula is C13H16ClNO2. The molecule has 92 valence electrons. The van der Waals surface area contributed by atoms with Crippen molar-refractivity contribution < 1.29 is 9.53 Å². The van der Waals surface area contributed by atoms with E-state index in [1.807, 2.05) is 24.3 Å². The zero-order valence-corrected chi connectivity index (χ0v) is 10.5. The van der Waals surface area contributed by atoms with Gasteiger partial charge in [-0.1, -0.05) is 23.7 Å². The van der Waals surface area contributed by atoms with E-state index in [2.05, 4.69) is 5.32 Å². The zero-order valence-electron chi connectivity index (χ0n) is 9.78. The van der Waals surface area contributed by atoms with Crippen LogP contribution in [0.1, 0.15) is 24.3 Å². The van der Waals surface area contributed by atoms with E-state index in [4.69, 9.17) is 16.3 Å². The molecule has 1 aliphatic rings. The van der Waals surface area contributed by atoms with Crippen LogP contribution in [0.4, 0.5) is 0 Å². The Kier molecular flexibility index (Phi) is 4.02. The molecule has 0 amide bonds. The second-order valence-electron chi connectivity index (χ2n) is 4.26.